The van der Waals surface area contributed by atoms with Gasteiger partial charge in [-0.15, -0.1) is 11.8 Å². The first-order valence-electron chi connectivity index (χ1n) is 13.0. The molecule has 4 aromatic carbocycles. The second-order valence-corrected chi connectivity index (χ2v) is 11.1. The zero-order valence-electron chi connectivity index (χ0n) is 20.6. The first kappa shape index (κ1) is 21.7. The van der Waals surface area contributed by atoms with Crippen LogP contribution in [0.1, 0.15) is 34.1 Å². The van der Waals surface area contributed by atoms with Crippen molar-refractivity contribution in [3.05, 3.63) is 137 Å². The van der Waals surface area contributed by atoms with E-state index in [2.05, 4.69) is 113 Å². The molecule has 0 amide bonds. The van der Waals surface area contributed by atoms with Crippen LogP contribution in [0.25, 0.3) is 22.6 Å². The highest BCUT2D eigenvalue weighted by Crippen LogP contribution is 2.50. The number of para-hydroxylation sites is 1. The fraction of sp³-hybridized carbons (Fsp3) is 0.0909. The van der Waals surface area contributed by atoms with Gasteiger partial charge in [-0.25, -0.2) is 9.98 Å². The van der Waals surface area contributed by atoms with Crippen molar-refractivity contribution in [2.45, 2.75) is 22.7 Å². The van der Waals surface area contributed by atoms with Crippen LogP contribution in [0.5, 0.6) is 0 Å². The molecule has 4 nitrogen and oxygen atoms in total. The van der Waals surface area contributed by atoms with Gasteiger partial charge in [0.1, 0.15) is 5.84 Å². The van der Waals surface area contributed by atoms with E-state index in [1.165, 1.54) is 38.2 Å². The third kappa shape index (κ3) is 3.39. The molecular weight excluding hydrogens is 484 g/mol. The first-order valence-corrected chi connectivity index (χ1v) is 13.8. The van der Waals surface area contributed by atoms with Gasteiger partial charge in [0.25, 0.3) is 0 Å². The molecule has 1 N–H and O–H groups in total. The first-order chi connectivity index (χ1) is 18.8. The highest BCUT2D eigenvalue weighted by molar-refractivity contribution is 8.00. The van der Waals surface area contributed by atoms with E-state index in [0.717, 1.165) is 29.3 Å². The number of aliphatic imine (C=N–C) groups is 2. The number of rotatable bonds is 2. The SMILES string of the molecule is C1=C2c3ccccc3SC2Cc2c1c1ccccc1n2C1=NC(c2ccccc2)N=C(c2ccccc2)N1. The summed E-state index contributed by atoms with van der Waals surface area (Å²) >= 11 is 1.98. The molecule has 0 spiro atoms. The van der Waals surface area contributed by atoms with Gasteiger partial charge >= 0.3 is 0 Å². The van der Waals surface area contributed by atoms with Gasteiger partial charge in [-0.2, -0.15) is 0 Å². The van der Waals surface area contributed by atoms with Crippen LogP contribution in [0, 0.1) is 0 Å². The number of hydrogen-bond donors (Lipinski definition) is 1. The van der Waals surface area contributed by atoms with Gasteiger partial charge in [-0.1, -0.05) is 97.1 Å². The zero-order chi connectivity index (χ0) is 25.1. The highest BCUT2D eigenvalue weighted by Gasteiger charge is 2.35. The zero-order valence-corrected chi connectivity index (χ0v) is 21.4. The number of aromatic nitrogens is 1. The van der Waals surface area contributed by atoms with E-state index >= 15 is 0 Å². The standard InChI is InChI=1S/C33H24N4S/c1-3-11-21(12-4-1)31-34-32(22-13-5-2-6-14-22)36-33(35-31)37-27-17-9-7-15-23(27)25-19-26-24-16-8-10-18-29(24)38-30(26)20-28(25)37/h1-19,30-31H,20H2,(H,34,35,36). The molecule has 0 bridgehead atoms. The molecule has 0 saturated carbocycles. The van der Waals surface area contributed by atoms with Crippen molar-refractivity contribution in [3.63, 3.8) is 0 Å². The summed E-state index contributed by atoms with van der Waals surface area (Å²) in [6, 6.07) is 38.2. The van der Waals surface area contributed by atoms with Crippen molar-refractivity contribution >= 4 is 46.1 Å². The molecule has 8 rings (SSSR count). The Kier molecular flexibility index (Phi) is 4.92. The molecule has 3 heterocycles. The van der Waals surface area contributed by atoms with Crippen molar-refractivity contribution < 1.29 is 0 Å². The van der Waals surface area contributed by atoms with E-state index < -0.39 is 0 Å². The Labute approximate surface area is 225 Å². The van der Waals surface area contributed by atoms with E-state index in [1.807, 2.05) is 23.9 Å². The smallest absolute Gasteiger partial charge is 0.211 e. The lowest BCUT2D eigenvalue weighted by Gasteiger charge is -2.26. The van der Waals surface area contributed by atoms with Gasteiger partial charge < -0.3 is 5.32 Å². The summed E-state index contributed by atoms with van der Waals surface area (Å²) in [5.41, 5.74) is 8.71. The van der Waals surface area contributed by atoms with Gasteiger partial charge in [0.05, 0.1) is 5.52 Å². The fourth-order valence-electron chi connectivity index (χ4n) is 5.84. The van der Waals surface area contributed by atoms with Crippen molar-refractivity contribution in [2.75, 3.05) is 0 Å². The summed E-state index contributed by atoms with van der Waals surface area (Å²) < 4.78 is 2.34. The van der Waals surface area contributed by atoms with E-state index in [4.69, 9.17) is 9.98 Å². The summed E-state index contributed by atoms with van der Waals surface area (Å²) in [6.07, 6.45) is 3.05. The molecule has 0 radical (unpaired) electrons. The summed E-state index contributed by atoms with van der Waals surface area (Å²) in [6.45, 7) is 0. The number of thioether (sulfide) groups is 1. The molecule has 2 unspecified atom stereocenters. The van der Waals surface area contributed by atoms with E-state index in [9.17, 15) is 0 Å². The lowest BCUT2D eigenvalue weighted by atomic mass is 9.91. The summed E-state index contributed by atoms with van der Waals surface area (Å²) in [7, 11) is 0. The minimum absolute atomic E-state index is 0.320. The van der Waals surface area contributed by atoms with Crippen LogP contribution in [0.4, 0.5) is 0 Å². The maximum absolute atomic E-state index is 5.21. The van der Waals surface area contributed by atoms with Crippen molar-refractivity contribution in [2.24, 2.45) is 9.98 Å². The Hall–Kier alpha value is -4.35. The molecule has 3 aliphatic rings. The average molecular weight is 509 g/mol. The number of fused-ring (bicyclic) bond motifs is 6. The Morgan fingerprint density at radius 1 is 0.763 bits per heavy atom. The molecule has 0 fully saturated rings. The van der Waals surface area contributed by atoms with E-state index in [-0.39, 0.29) is 6.17 Å². The van der Waals surface area contributed by atoms with Crippen LogP contribution >= 0.6 is 11.8 Å². The summed E-state index contributed by atoms with van der Waals surface area (Å²) in [5, 5.41) is 5.29. The quantitative estimate of drug-likeness (QED) is 0.275. The number of hydrogen-bond acceptors (Lipinski definition) is 4. The van der Waals surface area contributed by atoms with Crippen LogP contribution in [0.3, 0.4) is 0 Å². The van der Waals surface area contributed by atoms with E-state index in [0.29, 0.717) is 5.25 Å². The van der Waals surface area contributed by atoms with Crippen LogP contribution in [-0.4, -0.2) is 21.6 Å². The molecule has 5 aromatic rings. The van der Waals surface area contributed by atoms with Crippen LogP contribution in [0.2, 0.25) is 0 Å². The van der Waals surface area contributed by atoms with Gasteiger partial charge in [0.2, 0.25) is 5.96 Å². The third-order valence-electron chi connectivity index (χ3n) is 7.59. The molecule has 1 aliphatic carbocycles. The minimum Gasteiger partial charge on any atom is -0.310 e. The predicted molar refractivity (Wildman–Crippen MR) is 158 cm³/mol. The minimum atomic E-state index is -0.320. The largest absolute Gasteiger partial charge is 0.310 e. The summed E-state index contributed by atoms with van der Waals surface area (Å²) in [5.74, 6) is 1.66. The Morgan fingerprint density at radius 3 is 2.37 bits per heavy atom. The van der Waals surface area contributed by atoms with Crippen molar-refractivity contribution in [1.29, 1.82) is 0 Å². The van der Waals surface area contributed by atoms with Crippen LogP contribution < -0.4 is 5.32 Å². The van der Waals surface area contributed by atoms with Gasteiger partial charge in [-0.05, 0) is 34.9 Å². The lowest BCUT2D eigenvalue weighted by Crippen LogP contribution is -2.40. The fourth-order valence-corrected chi connectivity index (χ4v) is 7.18. The Bertz CT molecular complexity index is 1800. The number of amidine groups is 1. The maximum atomic E-state index is 5.21. The second-order valence-electron chi connectivity index (χ2n) is 9.83. The van der Waals surface area contributed by atoms with Crippen LogP contribution in [-0.2, 0) is 6.42 Å². The van der Waals surface area contributed by atoms with E-state index in [1.54, 1.807) is 0 Å². The number of benzene rings is 4. The monoisotopic (exact) mass is 508 g/mol. The van der Waals surface area contributed by atoms with Gasteiger partial charge in [-0.3, -0.25) is 4.57 Å². The predicted octanol–water partition coefficient (Wildman–Crippen LogP) is 7.17. The van der Waals surface area contributed by atoms with Crippen LogP contribution in [0.15, 0.2) is 124 Å². The molecule has 5 heteroatoms. The van der Waals surface area contributed by atoms with Gasteiger partial charge in [0.15, 0.2) is 6.17 Å². The molecular formula is C33H24N4S. The molecule has 2 aliphatic heterocycles. The normalized spacial score (nSPS) is 19.5. The van der Waals surface area contributed by atoms with Crippen molar-refractivity contribution in [1.82, 2.24) is 9.88 Å². The molecule has 0 saturated heterocycles. The maximum Gasteiger partial charge on any atom is 0.211 e. The Balaban J connectivity index is 1.32. The highest BCUT2D eigenvalue weighted by atomic mass is 32.2. The lowest BCUT2D eigenvalue weighted by molar-refractivity contribution is 0.739. The third-order valence-corrected chi connectivity index (χ3v) is 8.91. The van der Waals surface area contributed by atoms with Crippen molar-refractivity contribution in [3.8, 4) is 0 Å². The van der Waals surface area contributed by atoms with Gasteiger partial charge in [0, 0.05) is 38.8 Å². The summed E-state index contributed by atoms with van der Waals surface area (Å²) in [4.78, 5) is 11.6. The molecule has 2 atom stereocenters. The topological polar surface area (TPSA) is 41.7 Å². The molecule has 38 heavy (non-hydrogen) atoms. The number of nitrogens with zero attached hydrogens (tertiary/aromatic N) is 3. The molecule has 1 aromatic heterocycles. The second kappa shape index (κ2) is 8.61. The molecule has 182 valence electrons. The number of nitrogens with one attached hydrogen (secondary N) is 1. The Morgan fingerprint density at radius 2 is 1.50 bits per heavy atom. The average Bonchev–Trinajstić information content (AvgIpc) is 3.51.